The molecular weight excluding hydrogens is 238 g/mol. The minimum absolute atomic E-state index is 0.125. The third-order valence-electron chi connectivity index (χ3n) is 2.83. The summed E-state index contributed by atoms with van der Waals surface area (Å²) in [5.41, 5.74) is -0.125. The van der Waals surface area contributed by atoms with Gasteiger partial charge in [-0.1, -0.05) is 32.4 Å². The van der Waals surface area contributed by atoms with Gasteiger partial charge >= 0.3 is 0 Å². The Morgan fingerprint density at radius 3 is 2.53 bits per heavy atom. The molecule has 1 aliphatic carbocycles. The monoisotopic (exact) mass is 255 g/mol. The van der Waals surface area contributed by atoms with E-state index in [0.717, 1.165) is 24.5 Å². The Kier molecular flexibility index (Phi) is 3.27. The number of aliphatic hydroxyl groups is 1. The summed E-state index contributed by atoms with van der Waals surface area (Å²) in [6.45, 7) is 6.15. The Hall–Kier alpha value is -0.870. The number of rotatable bonds is 2. The molecule has 0 aliphatic heterocycles. The molecule has 0 spiro atoms. The summed E-state index contributed by atoms with van der Waals surface area (Å²) in [7, 11) is 0. The summed E-state index contributed by atoms with van der Waals surface area (Å²) >= 11 is 5.99. The highest BCUT2D eigenvalue weighted by Crippen LogP contribution is 2.26. The van der Waals surface area contributed by atoms with Crippen LogP contribution in [0.25, 0.3) is 0 Å². The lowest BCUT2D eigenvalue weighted by Gasteiger charge is -2.32. The first-order chi connectivity index (χ1) is 7.84. The van der Waals surface area contributed by atoms with Gasteiger partial charge in [0.25, 0.3) is 0 Å². The summed E-state index contributed by atoms with van der Waals surface area (Å²) in [5.74, 6) is 1.47. The molecule has 4 nitrogen and oxygen atoms in total. The van der Waals surface area contributed by atoms with Crippen LogP contribution in [0.4, 0.5) is 5.82 Å². The van der Waals surface area contributed by atoms with Crippen molar-refractivity contribution in [3.8, 4) is 0 Å². The van der Waals surface area contributed by atoms with Gasteiger partial charge in [0, 0.05) is 17.5 Å². The summed E-state index contributed by atoms with van der Waals surface area (Å²) in [6, 6.07) is 2.02. The largest absolute Gasteiger partial charge is 0.393 e. The number of hydrogen-bond acceptors (Lipinski definition) is 4. The van der Waals surface area contributed by atoms with Crippen LogP contribution in [-0.4, -0.2) is 27.2 Å². The minimum atomic E-state index is -0.174. The third-order valence-corrected chi connectivity index (χ3v) is 3.02. The highest BCUT2D eigenvalue weighted by Gasteiger charge is 2.28. The summed E-state index contributed by atoms with van der Waals surface area (Å²) in [5, 5.41) is 13.0. The van der Waals surface area contributed by atoms with E-state index in [9.17, 15) is 5.11 Å². The van der Waals surface area contributed by atoms with Crippen LogP contribution in [0, 0.1) is 0 Å². The van der Waals surface area contributed by atoms with Crippen molar-refractivity contribution in [3.05, 3.63) is 17.0 Å². The van der Waals surface area contributed by atoms with Crippen molar-refractivity contribution >= 4 is 17.4 Å². The van der Waals surface area contributed by atoms with E-state index in [1.165, 1.54) is 0 Å². The fraction of sp³-hybridized carbons (Fsp3) is 0.667. The average Bonchev–Trinajstić information content (AvgIpc) is 2.13. The van der Waals surface area contributed by atoms with E-state index in [2.05, 4.69) is 36.1 Å². The van der Waals surface area contributed by atoms with Crippen molar-refractivity contribution in [2.45, 2.75) is 51.2 Å². The number of hydrogen-bond donors (Lipinski definition) is 2. The zero-order chi connectivity index (χ0) is 12.6. The second-order valence-electron chi connectivity index (χ2n) is 5.62. The maximum absolute atomic E-state index is 9.24. The Morgan fingerprint density at radius 1 is 1.35 bits per heavy atom. The molecule has 2 rings (SSSR count). The average molecular weight is 256 g/mol. The highest BCUT2D eigenvalue weighted by atomic mass is 35.5. The number of aromatic nitrogens is 2. The van der Waals surface area contributed by atoms with Gasteiger partial charge in [-0.05, 0) is 12.8 Å². The lowest BCUT2D eigenvalue weighted by molar-refractivity contribution is 0.0835. The number of aliphatic hydroxyl groups excluding tert-OH is 1. The fourth-order valence-electron chi connectivity index (χ4n) is 1.74. The van der Waals surface area contributed by atoms with Gasteiger partial charge in [-0.3, -0.25) is 0 Å². The first-order valence-corrected chi connectivity index (χ1v) is 6.22. The van der Waals surface area contributed by atoms with Gasteiger partial charge in [0.05, 0.1) is 6.10 Å². The molecule has 0 unspecified atom stereocenters. The summed E-state index contributed by atoms with van der Waals surface area (Å²) < 4.78 is 0. The molecule has 1 aromatic rings. The minimum Gasteiger partial charge on any atom is -0.393 e. The molecule has 17 heavy (non-hydrogen) atoms. The molecule has 1 aliphatic rings. The van der Waals surface area contributed by atoms with Crippen molar-refractivity contribution in [1.82, 2.24) is 9.97 Å². The molecule has 0 aromatic carbocycles. The van der Waals surface area contributed by atoms with Crippen LogP contribution in [0.1, 0.15) is 39.4 Å². The van der Waals surface area contributed by atoms with Crippen LogP contribution in [0.3, 0.4) is 0 Å². The predicted molar refractivity (Wildman–Crippen MR) is 68.4 cm³/mol. The zero-order valence-corrected chi connectivity index (χ0v) is 11.1. The Morgan fingerprint density at radius 2 is 2.00 bits per heavy atom. The van der Waals surface area contributed by atoms with Crippen molar-refractivity contribution in [2.75, 3.05) is 5.32 Å². The topological polar surface area (TPSA) is 58.0 Å². The Bertz CT molecular complexity index is 411. The molecule has 1 aromatic heterocycles. The van der Waals surface area contributed by atoms with E-state index in [-0.39, 0.29) is 11.5 Å². The second kappa shape index (κ2) is 4.42. The lowest BCUT2D eigenvalue weighted by Crippen LogP contribution is -2.39. The van der Waals surface area contributed by atoms with Crippen LogP contribution in [-0.2, 0) is 5.41 Å². The number of nitrogens with zero attached hydrogens (tertiary/aromatic N) is 2. The summed E-state index contributed by atoms with van der Waals surface area (Å²) in [4.78, 5) is 8.70. The lowest BCUT2D eigenvalue weighted by atomic mass is 9.89. The number of halogens is 1. The smallest absolute Gasteiger partial charge is 0.137 e. The van der Waals surface area contributed by atoms with Gasteiger partial charge in [0.1, 0.15) is 16.8 Å². The fourth-order valence-corrected chi connectivity index (χ4v) is 1.93. The maximum Gasteiger partial charge on any atom is 0.137 e. The number of nitrogens with one attached hydrogen (secondary N) is 1. The van der Waals surface area contributed by atoms with Gasteiger partial charge in [-0.25, -0.2) is 9.97 Å². The molecule has 0 atom stereocenters. The first-order valence-electron chi connectivity index (χ1n) is 5.84. The predicted octanol–water partition coefficient (Wildman–Crippen LogP) is 2.36. The first kappa shape index (κ1) is 12.6. The maximum atomic E-state index is 9.24. The quantitative estimate of drug-likeness (QED) is 0.797. The molecule has 0 bridgehead atoms. The van der Waals surface area contributed by atoms with E-state index in [1.807, 2.05) is 0 Å². The Labute approximate surface area is 106 Å². The molecule has 1 fully saturated rings. The summed E-state index contributed by atoms with van der Waals surface area (Å²) in [6.07, 6.45) is 1.37. The van der Waals surface area contributed by atoms with Crippen molar-refractivity contribution in [2.24, 2.45) is 0 Å². The molecule has 1 heterocycles. The molecule has 5 heteroatoms. The molecule has 0 saturated heterocycles. The van der Waals surface area contributed by atoms with Crippen LogP contribution in [0.2, 0.25) is 5.15 Å². The zero-order valence-electron chi connectivity index (χ0n) is 10.4. The highest BCUT2D eigenvalue weighted by molar-refractivity contribution is 6.29. The molecule has 0 amide bonds. The van der Waals surface area contributed by atoms with E-state index in [0.29, 0.717) is 11.2 Å². The SMILES string of the molecule is CC(C)(C)c1nc(Cl)cc(NC2CC(O)C2)n1. The van der Waals surface area contributed by atoms with E-state index in [4.69, 9.17) is 11.6 Å². The number of anilines is 1. The van der Waals surface area contributed by atoms with Gasteiger partial charge in [-0.2, -0.15) is 0 Å². The van der Waals surface area contributed by atoms with Crippen LogP contribution < -0.4 is 5.32 Å². The molecular formula is C12H18ClN3O. The van der Waals surface area contributed by atoms with Crippen molar-refractivity contribution in [3.63, 3.8) is 0 Å². The van der Waals surface area contributed by atoms with Gasteiger partial charge in [0.2, 0.25) is 0 Å². The second-order valence-corrected chi connectivity index (χ2v) is 6.00. The molecule has 94 valence electrons. The normalized spacial score (nSPS) is 24.3. The molecule has 0 radical (unpaired) electrons. The van der Waals surface area contributed by atoms with Crippen LogP contribution in [0.5, 0.6) is 0 Å². The standard InChI is InChI=1S/C12H18ClN3O/c1-12(2,3)11-15-9(13)6-10(16-11)14-7-4-8(17)5-7/h6-8,17H,4-5H2,1-3H3,(H,14,15,16). The van der Waals surface area contributed by atoms with Gasteiger partial charge in [-0.15, -0.1) is 0 Å². The van der Waals surface area contributed by atoms with Crippen LogP contribution in [0.15, 0.2) is 6.07 Å². The van der Waals surface area contributed by atoms with E-state index in [1.54, 1.807) is 6.07 Å². The van der Waals surface area contributed by atoms with Crippen LogP contribution >= 0.6 is 11.6 Å². The van der Waals surface area contributed by atoms with E-state index >= 15 is 0 Å². The molecule has 2 N–H and O–H groups in total. The molecule has 1 saturated carbocycles. The van der Waals surface area contributed by atoms with Gasteiger partial charge in [0.15, 0.2) is 0 Å². The Balaban J connectivity index is 2.14. The van der Waals surface area contributed by atoms with Crippen molar-refractivity contribution in [1.29, 1.82) is 0 Å². The van der Waals surface area contributed by atoms with Gasteiger partial charge < -0.3 is 10.4 Å². The van der Waals surface area contributed by atoms with Crippen molar-refractivity contribution < 1.29 is 5.11 Å². The van der Waals surface area contributed by atoms with E-state index < -0.39 is 0 Å². The third kappa shape index (κ3) is 3.07.